The summed E-state index contributed by atoms with van der Waals surface area (Å²) in [5.74, 6) is 0.242. The minimum atomic E-state index is -0.414. The zero-order valence-electron chi connectivity index (χ0n) is 11.6. The quantitative estimate of drug-likeness (QED) is 0.900. The van der Waals surface area contributed by atoms with Gasteiger partial charge in [-0.05, 0) is 12.8 Å². The molecule has 1 atom stereocenters. The van der Waals surface area contributed by atoms with E-state index in [1.807, 2.05) is 4.57 Å². The summed E-state index contributed by atoms with van der Waals surface area (Å²) in [4.78, 5) is 4.25. The Balaban J connectivity index is 2.62. The second-order valence-electron chi connectivity index (χ2n) is 4.67. The minimum Gasteiger partial charge on any atom is -0.494 e. The number of nitrogens with zero attached hydrogens (tertiary/aromatic N) is 2. The molecular formula is C14H20FN3O. The number of hydrogen-bond acceptors (Lipinski definition) is 3. The summed E-state index contributed by atoms with van der Waals surface area (Å²) in [6, 6.07) is 3.33. The molecule has 0 aliphatic heterocycles. The fourth-order valence-corrected chi connectivity index (χ4v) is 2.50. The maximum atomic E-state index is 13.7. The van der Waals surface area contributed by atoms with Gasteiger partial charge in [-0.3, -0.25) is 0 Å². The largest absolute Gasteiger partial charge is 0.494 e. The lowest BCUT2D eigenvalue weighted by molar-refractivity contribution is 0.387. The molecule has 0 radical (unpaired) electrons. The van der Waals surface area contributed by atoms with Gasteiger partial charge in [0.2, 0.25) is 5.95 Å². The van der Waals surface area contributed by atoms with Crippen LogP contribution in [0.5, 0.6) is 5.75 Å². The van der Waals surface area contributed by atoms with Crippen LogP contribution in [0.25, 0.3) is 11.0 Å². The summed E-state index contributed by atoms with van der Waals surface area (Å²) in [6.07, 6.45) is 3.05. The summed E-state index contributed by atoms with van der Waals surface area (Å²) in [5, 5.41) is 0. The van der Waals surface area contributed by atoms with Gasteiger partial charge >= 0.3 is 0 Å². The van der Waals surface area contributed by atoms with Crippen LogP contribution in [-0.2, 0) is 0 Å². The number of fused-ring (bicyclic) bond motifs is 1. The van der Waals surface area contributed by atoms with Gasteiger partial charge in [-0.2, -0.15) is 0 Å². The number of nitrogen functional groups attached to an aromatic ring is 1. The third-order valence-corrected chi connectivity index (χ3v) is 3.45. The fourth-order valence-electron chi connectivity index (χ4n) is 2.50. The van der Waals surface area contributed by atoms with Crippen molar-refractivity contribution in [3.8, 4) is 5.75 Å². The lowest BCUT2D eigenvalue weighted by Crippen LogP contribution is -2.11. The van der Waals surface area contributed by atoms with E-state index in [1.54, 1.807) is 6.07 Å². The number of hydrogen-bond donors (Lipinski definition) is 1. The highest BCUT2D eigenvalue weighted by Gasteiger charge is 2.18. The van der Waals surface area contributed by atoms with Crippen molar-refractivity contribution in [3.05, 3.63) is 17.9 Å². The number of benzene rings is 1. The zero-order chi connectivity index (χ0) is 14.0. The Kier molecular flexibility index (Phi) is 3.93. The van der Waals surface area contributed by atoms with E-state index in [9.17, 15) is 4.39 Å². The van der Waals surface area contributed by atoms with Gasteiger partial charge in [-0.1, -0.05) is 20.3 Å². The van der Waals surface area contributed by atoms with E-state index in [4.69, 9.17) is 10.5 Å². The van der Waals surface area contributed by atoms with Crippen LogP contribution in [0.4, 0.5) is 10.3 Å². The second-order valence-corrected chi connectivity index (χ2v) is 4.67. The van der Waals surface area contributed by atoms with E-state index in [0.717, 1.165) is 24.8 Å². The lowest BCUT2D eigenvalue weighted by atomic mass is 10.1. The summed E-state index contributed by atoms with van der Waals surface area (Å²) in [6.45, 7) is 4.25. The Bertz CT molecular complexity index is 580. The highest BCUT2D eigenvalue weighted by Crippen LogP contribution is 2.31. The van der Waals surface area contributed by atoms with Crippen molar-refractivity contribution in [1.82, 2.24) is 9.55 Å². The lowest BCUT2D eigenvalue weighted by Gasteiger charge is -2.18. The molecule has 0 bridgehead atoms. The Hall–Kier alpha value is -1.78. The van der Waals surface area contributed by atoms with Crippen LogP contribution in [0.15, 0.2) is 12.1 Å². The number of halogens is 1. The Morgan fingerprint density at radius 3 is 2.74 bits per heavy atom. The van der Waals surface area contributed by atoms with Crippen molar-refractivity contribution in [1.29, 1.82) is 0 Å². The third kappa shape index (κ3) is 2.37. The van der Waals surface area contributed by atoms with E-state index in [1.165, 1.54) is 13.2 Å². The van der Waals surface area contributed by atoms with Crippen molar-refractivity contribution in [2.45, 2.75) is 39.2 Å². The molecule has 0 amide bonds. The average Bonchev–Trinajstić information content (AvgIpc) is 2.70. The van der Waals surface area contributed by atoms with E-state index in [-0.39, 0.29) is 11.8 Å². The molecule has 1 aromatic carbocycles. The smallest absolute Gasteiger partial charge is 0.201 e. The number of methoxy groups -OCH3 is 1. The molecule has 19 heavy (non-hydrogen) atoms. The van der Waals surface area contributed by atoms with Gasteiger partial charge in [0.15, 0.2) is 11.6 Å². The third-order valence-electron chi connectivity index (χ3n) is 3.45. The summed E-state index contributed by atoms with van der Waals surface area (Å²) < 4.78 is 20.7. The van der Waals surface area contributed by atoms with Gasteiger partial charge in [0.1, 0.15) is 0 Å². The number of anilines is 1. The standard InChI is InChI=1S/C14H20FN3O/c1-4-6-9(5-2)18-12-8-13(19-3)10(15)7-11(12)17-14(18)16/h7-9H,4-6H2,1-3H3,(H2,16,17). The van der Waals surface area contributed by atoms with Crippen LogP contribution in [0.1, 0.15) is 39.2 Å². The first kappa shape index (κ1) is 13.6. The van der Waals surface area contributed by atoms with Crippen LogP contribution < -0.4 is 10.5 Å². The van der Waals surface area contributed by atoms with E-state index < -0.39 is 5.82 Å². The molecule has 1 heterocycles. The predicted octanol–water partition coefficient (Wildman–Crippen LogP) is 3.52. The number of ether oxygens (including phenoxy) is 1. The highest BCUT2D eigenvalue weighted by molar-refractivity contribution is 5.80. The molecule has 2 rings (SSSR count). The molecule has 104 valence electrons. The van der Waals surface area contributed by atoms with E-state index in [0.29, 0.717) is 11.5 Å². The number of nitrogens with two attached hydrogens (primary N) is 1. The molecule has 0 fully saturated rings. The SMILES string of the molecule is CCCC(CC)n1c(N)nc2cc(F)c(OC)cc21. The molecule has 0 aliphatic rings. The number of aromatic nitrogens is 2. The average molecular weight is 265 g/mol. The molecule has 0 spiro atoms. The highest BCUT2D eigenvalue weighted by atomic mass is 19.1. The van der Waals surface area contributed by atoms with Crippen LogP contribution in [0.2, 0.25) is 0 Å². The Labute approximate surface area is 112 Å². The van der Waals surface area contributed by atoms with Gasteiger partial charge < -0.3 is 15.0 Å². The van der Waals surface area contributed by atoms with Crippen molar-refractivity contribution in [2.75, 3.05) is 12.8 Å². The van der Waals surface area contributed by atoms with Crippen molar-refractivity contribution in [2.24, 2.45) is 0 Å². The first-order valence-corrected chi connectivity index (χ1v) is 6.63. The predicted molar refractivity (Wildman–Crippen MR) is 74.9 cm³/mol. The molecular weight excluding hydrogens is 245 g/mol. The number of rotatable bonds is 5. The van der Waals surface area contributed by atoms with E-state index >= 15 is 0 Å². The van der Waals surface area contributed by atoms with Crippen molar-refractivity contribution >= 4 is 17.0 Å². The van der Waals surface area contributed by atoms with Crippen LogP contribution in [-0.4, -0.2) is 16.7 Å². The monoisotopic (exact) mass is 265 g/mol. The minimum absolute atomic E-state index is 0.222. The molecule has 5 heteroatoms. The topological polar surface area (TPSA) is 53.1 Å². The molecule has 1 unspecified atom stereocenters. The second kappa shape index (κ2) is 5.47. The zero-order valence-corrected chi connectivity index (χ0v) is 11.6. The van der Waals surface area contributed by atoms with Gasteiger partial charge in [0, 0.05) is 18.2 Å². The molecule has 0 aliphatic carbocycles. The summed E-state index contributed by atoms with van der Waals surface area (Å²) in [7, 11) is 1.46. The van der Waals surface area contributed by atoms with Gasteiger partial charge in [0.25, 0.3) is 0 Å². The molecule has 1 aromatic heterocycles. The molecule has 0 saturated carbocycles. The molecule has 0 saturated heterocycles. The Morgan fingerprint density at radius 2 is 2.16 bits per heavy atom. The first-order chi connectivity index (χ1) is 9.12. The van der Waals surface area contributed by atoms with Crippen molar-refractivity contribution in [3.63, 3.8) is 0 Å². The van der Waals surface area contributed by atoms with Gasteiger partial charge in [-0.25, -0.2) is 9.37 Å². The van der Waals surface area contributed by atoms with Crippen LogP contribution >= 0.6 is 0 Å². The first-order valence-electron chi connectivity index (χ1n) is 6.63. The fraction of sp³-hybridized carbons (Fsp3) is 0.500. The molecule has 2 N–H and O–H groups in total. The van der Waals surface area contributed by atoms with Gasteiger partial charge in [0.05, 0.1) is 18.1 Å². The maximum absolute atomic E-state index is 13.7. The van der Waals surface area contributed by atoms with Crippen molar-refractivity contribution < 1.29 is 9.13 Å². The Morgan fingerprint density at radius 1 is 1.42 bits per heavy atom. The van der Waals surface area contributed by atoms with Crippen LogP contribution in [0.3, 0.4) is 0 Å². The molecule has 4 nitrogen and oxygen atoms in total. The normalized spacial score (nSPS) is 12.8. The molecule has 2 aromatic rings. The van der Waals surface area contributed by atoms with Crippen LogP contribution in [0, 0.1) is 5.82 Å². The maximum Gasteiger partial charge on any atom is 0.201 e. The number of imidazole rings is 1. The van der Waals surface area contributed by atoms with E-state index in [2.05, 4.69) is 18.8 Å². The summed E-state index contributed by atoms with van der Waals surface area (Å²) >= 11 is 0. The van der Waals surface area contributed by atoms with Gasteiger partial charge in [-0.15, -0.1) is 0 Å². The summed E-state index contributed by atoms with van der Waals surface area (Å²) in [5.41, 5.74) is 7.39.